The Morgan fingerprint density at radius 1 is 1.43 bits per heavy atom. The van der Waals surface area contributed by atoms with Gasteiger partial charge >= 0.3 is 11.8 Å². The van der Waals surface area contributed by atoms with Crippen LogP contribution in [-0.4, -0.2) is 33.8 Å². The largest absolute Gasteiger partial charge is 0.449 e. The highest BCUT2D eigenvalue weighted by Crippen LogP contribution is 2.34. The third-order valence-corrected chi connectivity index (χ3v) is 4.24. The quantitative estimate of drug-likeness (QED) is 0.233. The Hall–Kier alpha value is -3.14. The Labute approximate surface area is 166 Å². The van der Waals surface area contributed by atoms with Gasteiger partial charge in [-0.25, -0.2) is 4.79 Å². The predicted octanol–water partition coefficient (Wildman–Crippen LogP) is 3.58. The summed E-state index contributed by atoms with van der Waals surface area (Å²) in [6, 6.07) is 7.47. The van der Waals surface area contributed by atoms with Crippen LogP contribution in [0.25, 0.3) is 0 Å². The van der Waals surface area contributed by atoms with Crippen molar-refractivity contribution >= 4 is 35.2 Å². The molecule has 1 amide bonds. The van der Waals surface area contributed by atoms with E-state index in [2.05, 4.69) is 16.5 Å². The minimum atomic E-state index is -0.759. The number of ether oxygens (including phenoxy) is 1. The number of hydrogen-bond acceptors (Lipinski definition) is 8. The van der Waals surface area contributed by atoms with E-state index >= 15 is 0 Å². The first-order valence-electron chi connectivity index (χ1n) is 8.40. The molecule has 1 aromatic carbocycles. The Balaban J connectivity index is 2.56. The molecule has 28 heavy (non-hydrogen) atoms. The van der Waals surface area contributed by atoms with Crippen LogP contribution in [0.15, 0.2) is 42.1 Å². The molecular weight excluding hydrogens is 382 g/mol. The van der Waals surface area contributed by atoms with Crippen LogP contribution in [0, 0.1) is 10.1 Å². The number of nitrogens with two attached hydrogens (primary N) is 1. The van der Waals surface area contributed by atoms with E-state index < -0.39 is 16.7 Å². The number of thioether (sulfide) groups is 1. The standard InChI is InChI=1S/C18H21N5O4S/c1-4-7-12-8-6-9-13(10-12)11-22(18(24)27-5-2)16-14(23(25)26)15(19)20-17(21-16)28-3/h4,6,8-10H,1,5,7,11H2,2-3H3,(H2,19,20,21). The van der Waals surface area contributed by atoms with E-state index in [9.17, 15) is 14.9 Å². The number of nitro groups is 1. The summed E-state index contributed by atoms with van der Waals surface area (Å²) in [6.45, 7) is 5.49. The number of benzene rings is 1. The van der Waals surface area contributed by atoms with Gasteiger partial charge in [-0.1, -0.05) is 42.1 Å². The molecule has 0 saturated carbocycles. The third-order valence-electron chi connectivity index (χ3n) is 3.69. The number of carbonyl (C=O) groups is 1. The molecule has 148 valence electrons. The summed E-state index contributed by atoms with van der Waals surface area (Å²) in [5.41, 5.74) is 6.99. The Kier molecular flexibility index (Phi) is 7.33. The van der Waals surface area contributed by atoms with Gasteiger partial charge in [0.25, 0.3) is 0 Å². The minimum absolute atomic E-state index is 0.0227. The lowest BCUT2D eigenvalue weighted by atomic mass is 10.1. The molecule has 0 aliphatic heterocycles. The second-order valence-corrected chi connectivity index (χ2v) is 6.40. The third kappa shape index (κ3) is 4.97. The van der Waals surface area contributed by atoms with Crippen molar-refractivity contribution in [2.24, 2.45) is 0 Å². The first-order chi connectivity index (χ1) is 13.4. The summed E-state index contributed by atoms with van der Waals surface area (Å²) in [5, 5.41) is 11.8. The Morgan fingerprint density at radius 3 is 2.75 bits per heavy atom. The van der Waals surface area contributed by atoms with Crippen LogP contribution in [0.4, 0.5) is 22.1 Å². The summed E-state index contributed by atoms with van der Waals surface area (Å²) in [4.78, 5) is 32.6. The van der Waals surface area contributed by atoms with Crippen LogP contribution in [0.1, 0.15) is 18.1 Å². The smallest absolute Gasteiger partial charge is 0.415 e. The normalized spacial score (nSPS) is 10.4. The van der Waals surface area contributed by atoms with Crippen LogP contribution in [0.2, 0.25) is 0 Å². The monoisotopic (exact) mass is 403 g/mol. The summed E-state index contributed by atoms with van der Waals surface area (Å²) in [6.07, 6.45) is 3.37. The van der Waals surface area contributed by atoms with Gasteiger partial charge < -0.3 is 10.5 Å². The maximum Gasteiger partial charge on any atom is 0.415 e. The molecule has 0 bridgehead atoms. The number of amides is 1. The lowest BCUT2D eigenvalue weighted by Gasteiger charge is -2.21. The number of allylic oxidation sites excluding steroid dienone is 1. The first-order valence-corrected chi connectivity index (χ1v) is 9.62. The van der Waals surface area contributed by atoms with Crippen molar-refractivity contribution in [1.82, 2.24) is 9.97 Å². The average molecular weight is 403 g/mol. The summed E-state index contributed by atoms with van der Waals surface area (Å²) in [7, 11) is 0. The molecule has 0 spiro atoms. The molecule has 2 rings (SSSR count). The van der Waals surface area contributed by atoms with Gasteiger partial charge in [0.1, 0.15) is 0 Å². The van der Waals surface area contributed by atoms with Gasteiger partial charge in [0.2, 0.25) is 11.6 Å². The molecule has 1 aromatic heterocycles. The number of carbonyl (C=O) groups excluding carboxylic acids is 1. The molecule has 9 nitrogen and oxygen atoms in total. The van der Waals surface area contributed by atoms with E-state index in [0.29, 0.717) is 6.42 Å². The fourth-order valence-electron chi connectivity index (χ4n) is 2.53. The van der Waals surface area contributed by atoms with E-state index in [1.54, 1.807) is 19.3 Å². The van der Waals surface area contributed by atoms with Gasteiger partial charge in [-0.3, -0.25) is 15.0 Å². The second kappa shape index (κ2) is 9.70. The van der Waals surface area contributed by atoms with Crippen LogP contribution < -0.4 is 10.6 Å². The molecule has 0 aliphatic carbocycles. The first kappa shape index (κ1) is 21.2. The maximum atomic E-state index is 12.6. The lowest BCUT2D eigenvalue weighted by Crippen LogP contribution is -2.33. The number of hydrogen-bond donors (Lipinski definition) is 1. The zero-order chi connectivity index (χ0) is 20.7. The summed E-state index contributed by atoms with van der Waals surface area (Å²) in [5.74, 6) is -0.511. The molecule has 10 heteroatoms. The molecule has 2 N–H and O–H groups in total. The van der Waals surface area contributed by atoms with Gasteiger partial charge in [0.05, 0.1) is 18.1 Å². The van der Waals surface area contributed by atoms with Crippen LogP contribution >= 0.6 is 11.8 Å². The van der Waals surface area contributed by atoms with Gasteiger partial charge in [0, 0.05) is 0 Å². The second-order valence-electron chi connectivity index (χ2n) is 5.62. The number of aromatic nitrogens is 2. The molecule has 0 unspecified atom stereocenters. The summed E-state index contributed by atoms with van der Waals surface area (Å²) >= 11 is 1.16. The van der Waals surface area contributed by atoms with E-state index in [-0.39, 0.29) is 29.9 Å². The zero-order valence-corrected chi connectivity index (χ0v) is 16.4. The summed E-state index contributed by atoms with van der Waals surface area (Å²) < 4.78 is 5.10. The van der Waals surface area contributed by atoms with E-state index in [1.165, 1.54) is 0 Å². The predicted molar refractivity (Wildman–Crippen MR) is 108 cm³/mol. The molecule has 0 atom stereocenters. The van der Waals surface area contributed by atoms with Crippen LogP contribution in [-0.2, 0) is 17.7 Å². The molecule has 0 fully saturated rings. The minimum Gasteiger partial charge on any atom is -0.449 e. The topological polar surface area (TPSA) is 124 Å². The molecule has 0 radical (unpaired) electrons. The number of rotatable bonds is 8. The lowest BCUT2D eigenvalue weighted by molar-refractivity contribution is -0.383. The zero-order valence-electron chi connectivity index (χ0n) is 15.6. The van der Waals surface area contributed by atoms with Crippen molar-refractivity contribution in [3.63, 3.8) is 0 Å². The fourth-order valence-corrected chi connectivity index (χ4v) is 2.89. The average Bonchev–Trinajstić information content (AvgIpc) is 2.65. The molecular formula is C18H21N5O4S. The molecule has 2 aromatic rings. The molecule has 0 aliphatic rings. The van der Waals surface area contributed by atoms with Crippen molar-refractivity contribution in [3.8, 4) is 0 Å². The van der Waals surface area contributed by atoms with Crippen molar-refractivity contribution in [2.45, 2.75) is 25.0 Å². The van der Waals surface area contributed by atoms with Gasteiger partial charge in [0.15, 0.2) is 5.16 Å². The van der Waals surface area contributed by atoms with Crippen LogP contribution in [0.5, 0.6) is 0 Å². The highest BCUT2D eigenvalue weighted by Gasteiger charge is 2.31. The van der Waals surface area contributed by atoms with Crippen molar-refractivity contribution in [3.05, 3.63) is 58.2 Å². The fraction of sp³-hybridized carbons (Fsp3) is 0.278. The number of nitrogen functional groups attached to an aromatic ring is 1. The van der Waals surface area contributed by atoms with Crippen LogP contribution in [0.3, 0.4) is 0 Å². The van der Waals surface area contributed by atoms with Crippen molar-refractivity contribution in [1.29, 1.82) is 0 Å². The van der Waals surface area contributed by atoms with E-state index in [4.69, 9.17) is 10.5 Å². The number of anilines is 2. The van der Waals surface area contributed by atoms with Gasteiger partial charge in [-0.15, -0.1) is 6.58 Å². The highest BCUT2D eigenvalue weighted by molar-refractivity contribution is 7.98. The maximum absolute atomic E-state index is 12.6. The molecule has 0 saturated heterocycles. The molecule has 1 heterocycles. The SMILES string of the molecule is C=CCc1cccc(CN(C(=O)OCC)c2nc(SC)nc(N)c2[N+](=O)[O-])c1. The van der Waals surface area contributed by atoms with Crippen molar-refractivity contribution in [2.75, 3.05) is 23.5 Å². The Bertz CT molecular complexity index is 890. The van der Waals surface area contributed by atoms with Gasteiger partial charge in [-0.2, -0.15) is 9.97 Å². The van der Waals surface area contributed by atoms with E-state index in [1.807, 2.05) is 24.3 Å². The van der Waals surface area contributed by atoms with Crippen molar-refractivity contribution < 1.29 is 14.5 Å². The van der Waals surface area contributed by atoms with Gasteiger partial charge in [-0.05, 0) is 30.7 Å². The Morgan fingerprint density at radius 2 is 2.14 bits per heavy atom. The highest BCUT2D eigenvalue weighted by atomic mass is 32.2. The number of nitrogens with zero attached hydrogens (tertiary/aromatic N) is 4. The van der Waals surface area contributed by atoms with E-state index in [0.717, 1.165) is 27.8 Å².